The van der Waals surface area contributed by atoms with Crippen molar-refractivity contribution in [3.05, 3.63) is 18.9 Å². The highest BCUT2D eigenvalue weighted by atomic mass is 32.3. The van der Waals surface area contributed by atoms with Gasteiger partial charge in [0.25, 0.3) is 10.1 Å². The van der Waals surface area contributed by atoms with Gasteiger partial charge in [-0.15, -0.1) is 0 Å². The van der Waals surface area contributed by atoms with Crippen molar-refractivity contribution in [3.63, 3.8) is 0 Å². The van der Waals surface area contributed by atoms with Crippen molar-refractivity contribution < 1.29 is 21.4 Å². The normalized spacial score (nSPS) is 15.5. The largest absolute Gasteiger partial charge is 0.285 e. The van der Waals surface area contributed by atoms with Crippen molar-refractivity contribution in [1.82, 2.24) is 0 Å². The molecule has 7 heteroatoms. The predicted octanol–water partition coefficient (Wildman–Crippen LogP) is -0.0172. The van der Waals surface area contributed by atoms with Crippen LogP contribution in [0.3, 0.4) is 0 Å². The third-order valence-corrected chi connectivity index (χ3v) is 5.03. The van der Waals surface area contributed by atoms with Crippen molar-refractivity contribution in [2.45, 2.75) is 11.0 Å². The summed E-state index contributed by atoms with van der Waals surface area (Å²) in [4.78, 5) is 0. The molecule has 0 saturated heterocycles. The van der Waals surface area contributed by atoms with Gasteiger partial charge in [-0.05, 0) is 6.42 Å². The molecule has 12 heavy (non-hydrogen) atoms. The van der Waals surface area contributed by atoms with Crippen molar-refractivity contribution in [2.75, 3.05) is 0 Å². The van der Waals surface area contributed by atoms with Crippen LogP contribution in [0.4, 0.5) is 0 Å². The molecule has 0 heterocycles. The minimum absolute atomic E-state index is 0.451. The Bertz CT molecular complexity index is 349. The fourth-order valence-corrected chi connectivity index (χ4v) is 3.02. The van der Waals surface area contributed by atoms with E-state index in [2.05, 4.69) is 13.5 Å². The van der Waals surface area contributed by atoms with E-state index in [4.69, 9.17) is 4.55 Å². The molecule has 1 radical (unpaired) electrons. The summed E-state index contributed by atoms with van der Waals surface area (Å²) in [6, 6.07) is 0. The molecule has 0 fully saturated rings. The first-order valence-electron chi connectivity index (χ1n) is 2.87. The fourth-order valence-electron chi connectivity index (χ4n) is 0.590. The van der Waals surface area contributed by atoms with Gasteiger partial charge in [0.1, 0.15) is 0 Å². The molecule has 1 unspecified atom stereocenters. The Morgan fingerprint density at radius 3 is 1.83 bits per heavy atom. The quantitative estimate of drug-likeness (QED) is 0.663. The first-order chi connectivity index (χ1) is 5.25. The zero-order chi connectivity index (χ0) is 9.99. The third-order valence-electron chi connectivity index (χ3n) is 1.17. The van der Waals surface area contributed by atoms with E-state index in [0.29, 0.717) is 5.41 Å². The lowest BCUT2D eigenvalue weighted by atomic mass is 10.6. The average Bonchev–Trinajstić information content (AvgIpc) is 1.85. The SMILES string of the molecule is [CH2]CC(S(=O)(=O)O)S(=O)(=O)C=C. The van der Waals surface area contributed by atoms with Gasteiger partial charge in [-0.1, -0.05) is 13.5 Å². The van der Waals surface area contributed by atoms with Gasteiger partial charge in [-0.3, -0.25) is 4.55 Å². The first-order valence-corrected chi connectivity index (χ1v) is 5.99. The van der Waals surface area contributed by atoms with Gasteiger partial charge < -0.3 is 0 Å². The van der Waals surface area contributed by atoms with Crippen LogP contribution in [-0.2, 0) is 20.0 Å². The van der Waals surface area contributed by atoms with E-state index in [9.17, 15) is 16.8 Å². The number of rotatable bonds is 4. The summed E-state index contributed by atoms with van der Waals surface area (Å²) in [6.07, 6.45) is -0.451. The van der Waals surface area contributed by atoms with Gasteiger partial charge in [-0.2, -0.15) is 8.42 Å². The Labute approximate surface area is 71.8 Å². The first kappa shape index (κ1) is 11.6. The minimum atomic E-state index is -4.61. The molecule has 0 spiro atoms. The predicted molar refractivity (Wildman–Crippen MR) is 44.4 cm³/mol. The van der Waals surface area contributed by atoms with E-state index in [1.54, 1.807) is 0 Å². The number of hydrogen-bond acceptors (Lipinski definition) is 4. The van der Waals surface area contributed by atoms with Crippen LogP contribution >= 0.6 is 0 Å². The average molecular weight is 213 g/mol. The zero-order valence-corrected chi connectivity index (χ0v) is 7.81. The lowest BCUT2D eigenvalue weighted by Gasteiger charge is -2.08. The molecule has 0 aromatic rings. The summed E-state index contributed by atoms with van der Waals surface area (Å²) in [6.45, 7) is 6.02. The Morgan fingerprint density at radius 1 is 1.33 bits per heavy atom. The highest BCUT2D eigenvalue weighted by Crippen LogP contribution is 2.13. The van der Waals surface area contributed by atoms with Gasteiger partial charge >= 0.3 is 0 Å². The van der Waals surface area contributed by atoms with Crippen molar-refractivity contribution in [3.8, 4) is 0 Å². The second-order valence-corrected chi connectivity index (χ2v) is 5.97. The zero-order valence-electron chi connectivity index (χ0n) is 6.17. The molecule has 0 aromatic carbocycles. The minimum Gasteiger partial charge on any atom is -0.285 e. The number of sulfone groups is 1. The molecule has 0 bridgehead atoms. The van der Waals surface area contributed by atoms with Crippen LogP contribution in [-0.4, -0.2) is 26.0 Å². The van der Waals surface area contributed by atoms with E-state index in [0.717, 1.165) is 0 Å². The van der Waals surface area contributed by atoms with Gasteiger partial charge in [0.2, 0.25) is 0 Å². The molecule has 0 aliphatic rings. The highest BCUT2D eigenvalue weighted by Gasteiger charge is 2.32. The molecule has 0 aromatic heterocycles. The van der Waals surface area contributed by atoms with Gasteiger partial charge in [0, 0.05) is 5.41 Å². The summed E-state index contributed by atoms with van der Waals surface area (Å²) in [7, 11) is -8.61. The standard InChI is InChI=1S/C5H9O5S2/c1-3-5(12(8,9)10)11(6,7)4-2/h4-5H,1-3H2,(H,8,9,10). The van der Waals surface area contributed by atoms with Crippen LogP contribution < -0.4 is 0 Å². The van der Waals surface area contributed by atoms with E-state index in [1.807, 2.05) is 0 Å². The highest BCUT2D eigenvalue weighted by molar-refractivity contribution is 8.08. The van der Waals surface area contributed by atoms with Crippen molar-refractivity contribution in [1.29, 1.82) is 0 Å². The van der Waals surface area contributed by atoms with Crippen LogP contribution in [0.5, 0.6) is 0 Å². The van der Waals surface area contributed by atoms with Crippen molar-refractivity contribution in [2.24, 2.45) is 0 Å². The van der Waals surface area contributed by atoms with Crippen LogP contribution in [0.25, 0.3) is 0 Å². The van der Waals surface area contributed by atoms with Gasteiger partial charge in [0.15, 0.2) is 14.4 Å². The summed E-state index contributed by atoms with van der Waals surface area (Å²) in [5.74, 6) is 0. The molecular weight excluding hydrogens is 204 g/mol. The monoisotopic (exact) mass is 213 g/mol. The molecule has 1 N–H and O–H groups in total. The summed E-state index contributed by atoms with van der Waals surface area (Å²) >= 11 is 0. The topological polar surface area (TPSA) is 88.5 Å². The van der Waals surface area contributed by atoms with E-state index < -0.39 is 31.0 Å². The summed E-state index contributed by atoms with van der Waals surface area (Å²) < 4.78 is 49.2. The Kier molecular flexibility index (Phi) is 3.43. The molecule has 0 amide bonds. The molecular formula is C5H9O5S2. The molecule has 71 valence electrons. The lowest BCUT2D eigenvalue weighted by Crippen LogP contribution is -2.27. The second-order valence-electron chi connectivity index (χ2n) is 1.99. The molecule has 0 aliphatic carbocycles. The fraction of sp³-hybridized carbons (Fsp3) is 0.400. The Morgan fingerprint density at radius 2 is 1.75 bits per heavy atom. The van der Waals surface area contributed by atoms with E-state index in [1.165, 1.54) is 0 Å². The maximum Gasteiger partial charge on any atom is 0.282 e. The van der Waals surface area contributed by atoms with Crippen LogP contribution in [0, 0.1) is 6.92 Å². The summed E-state index contributed by atoms with van der Waals surface area (Å²) in [5.41, 5.74) is 0. The maximum absolute atomic E-state index is 10.9. The smallest absolute Gasteiger partial charge is 0.282 e. The van der Waals surface area contributed by atoms with Crippen LogP contribution in [0.2, 0.25) is 0 Å². The molecule has 5 nitrogen and oxygen atoms in total. The summed E-state index contributed by atoms with van der Waals surface area (Å²) in [5, 5.41) is 0.483. The molecule has 1 atom stereocenters. The second kappa shape index (κ2) is 3.55. The number of hydrogen-bond donors (Lipinski definition) is 1. The molecule has 0 rings (SSSR count). The van der Waals surface area contributed by atoms with Crippen LogP contribution in [0.1, 0.15) is 6.42 Å². The maximum atomic E-state index is 10.9. The Hall–Kier alpha value is -0.400. The Balaban J connectivity index is 5.24. The van der Waals surface area contributed by atoms with E-state index >= 15 is 0 Å². The third kappa shape index (κ3) is 2.58. The van der Waals surface area contributed by atoms with Gasteiger partial charge in [-0.25, -0.2) is 8.42 Å². The lowest BCUT2D eigenvalue weighted by molar-refractivity contribution is 0.476. The van der Waals surface area contributed by atoms with Crippen molar-refractivity contribution >= 4 is 20.0 Å². The van der Waals surface area contributed by atoms with Crippen LogP contribution in [0.15, 0.2) is 12.0 Å². The van der Waals surface area contributed by atoms with E-state index in [-0.39, 0.29) is 0 Å². The van der Waals surface area contributed by atoms with Gasteiger partial charge in [0.05, 0.1) is 0 Å². The molecule has 0 aliphatic heterocycles. The molecule has 0 saturated carbocycles.